The van der Waals surface area contributed by atoms with Crippen LogP contribution in [0.5, 0.6) is 5.88 Å². The number of methoxy groups -OCH3 is 1. The molecule has 176 valence electrons. The van der Waals surface area contributed by atoms with E-state index in [-0.39, 0.29) is 30.9 Å². The molecule has 0 spiro atoms. The quantitative estimate of drug-likeness (QED) is 0.555. The van der Waals surface area contributed by atoms with E-state index in [2.05, 4.69) is 9.71 Å². The number of pyridine rings is 1. The number of halogens is 1. The fourth-order valence-corrected chi connectivity index (χ4v) is 4.48. The first-order valence-electron chi connectivity index (χ1n) is 10.4. The summed E-state index contributed by atoms with van der Waals surface area (Å²) in [6.45, 7) is 6.94. The summed E-state index contributed by atoms with van der Waals surface area (Å²) >= 11 is 0. The topological polar surface area (TPSA) is 106 Å². The van der Waals surface area contributed by atoms with Crippen LogP contribution in [0.2, 0.25) is 0 Å². The molecule has 1 aromatic carbocycles. The molecule has 0 bridgehead atoms. The Morgan fingerprint density at radius 1 is 1.28 bits per heavy atom. The van der Waals surface area contributed by atoms with Crippen molar-refractivity contribution in [1.82, 2.24) is 9.71 Å². The molecule has 1 amide bonds. The minimum Gasteiger partial charge on any atom is -0.481 e. The second-order valence-corrected chi connectivity index (χ2v) is 10.5. The third-order valence-electron chi connectivity index (χ3n) is 4.93. The average Bonchev–Trinajstić information content (AvgIpc) is 2.67. The van der Waals surface area contributed by atoms with Crippen LogP contribution >= 0.6 is 0 Å². The molecule has 2 aromatic rings. The summed E-state index contributed by atoms with van der Waals surface area (Å²) in [7, 11) is -2.40. The molecule has 0 radical (unpaired) electrons. The van der Waals surface area contributed by atoms with E-state index in [0.29, 0.717) is 28.1 Å². The van der Waals surface area contributed by atoms with Crippen LogP contribution in [0.1, 0.15) is 57.6 Å². The molecule has 0 fully saturated rings. The molecule has 0 aliphatic carbocycles. The minimum atomic E-state index is -3.87. The fourth-order valence-electron chi connectivity index (χ4n) is 3.43. The zero-order chi connectivity index (χ0) is 24.1. The van der Waals surface area contributed by atoms with Crippen LogP contribution in [-0.2, 0) is 21.2 Å². The zero-order valence-corrected chi connectivity index (χ0v) is 19.9. The number of ether oxygens (including phenoxy) is 1. The van der Waals surface area contributed by atoms with Crippen molar-refractivity contribution in [3.05, 3.63) is 47.4 Å². The first-order chi connectivity index (χ1) is 14.8. The predicted molar refractivity (Wildman–Crippen MR) is 121 cm³/mol. The van der Waals surface area contributed by atoms with Gasteiger partial charge in [-0.1, -0.05) is 13.8 Å². The lowest BCUT2D eigenvalue weighted by Gasteiger charge is -2.19. The lowest BCUT2D eigenvalue weighted by atomic mass is 9.88. The van der Waals surface area contributed by atoms with Crippen LogP contribution in [0.15, 0.2) is 30.5 Å². The molecule has 0 saturated carbocycles. The van der Waals surface area contributed by atoms with Gasteiger partial charge >= 0.3 is 0 Å². The predicted octanol–water partition coefficient (Wildman–Crippen LogP) is 3.56. The number of carbonyl (C=O) groups is 1. The molecule has 0 atom stereocenters. The van der Waals surface area contributed by atoms with Gasteiger partial charge in [0.2, 0.25) is 21.8 Å². The van der Waals surface area contributed by atoms with E-state index in [1.54, 1.807) is 26.0 Å². The summed E-state index contributed by atoms with van der Waals surface area (Å²) in [6.07, 6.45) is 1.77. The fraction of sp³-hybridized carbons (Fsp3) is 0.478. The summed E-state index contributed by atoms with van der Waals surface area (Å²) in [6, 6.07) is 6.00. The van der Waals surface area contributed by atoms with Gasteiger partial charge in [0, 0.05) is 12.3 Å². The molecule has 0 aliphatic heterocycles. The van der Waals surface area contributed by atoms with Crippen molar-refractivity contribution >= 4 is 15.9 Å². The van der Waals surface area contributed by atoms with Gasteiger partial charge in [-0.15, -0.1) is 0 Å². The molecule has 0 saturated heterocycles. The van der Waals surface area contributed by atoms with E-state index in [4.69, 9.17) is 4.74 Å². The minimum absolute atomic E-state index is 0.0978. The highest BCUT2D eigenvalue weighted by molar-refractivity contribution is 7.90. The number of aromatic nitrogens is 1. The first-order valence-corrected chi connectivity index (χ1v) is 12.0. The van der Waals surface area contributed by atoms with Crippen molar-refractivity contribution in [2.75, 3.05) is 12.9 Å². The Balaban J connectivity index is 2.34. The Labute approximate surface area is 189 Å². The molecule has 1 aromatic heterocycles. The third kappa shape index (κ3) is 7.56. The maximum Gasteiger partial charge on any atom is 0.237 e. The summed E-state index contributed by atoms with van der Waals surface area (Å²) in [5.41, 5.74) is 1.25. The Morgan fingerprint density at radius 3 is 2.56 bits per heavy atom. The van der Waals surface area contributed by atoms with Gasteiger partial charge in [0.15, 0.2) is 0 Å². The number of amides is 1. The molecule has 9 heteroatoms. The van der Waals surface area contributed by atoms with Crippen molar-refractivity contribution in [1.29, 1.82) is 0 Å². The van der Waals surface area contributed by atoms with Crippen molar-refractivity contribution in [3.8, 4) is 17.0 Å². The van der Waals surface area contributed by atoms with Crippen molar-refractivity contribution < 1.29 is 27.4 Å². The highest BCUT2D eigenvalue weighted by Gasteiger charge is 2.22. The van der Waals surface area contributed by atoms with Crippen LogP contribution < -0.4 is 9.46 Å². The lowest BCUT2D eigenvalue weighted by Crippen LogP contribution is -2.34. The molecular formula is C23H31FN2O5S. The molecule has 0 unspecified atom stereocenters. The van der Waals surface area contributed by atoms with Gasteiger partial charge in [-0.05, 0) is 73.1 Å². The average molecular weight is 467 g/mol. The van der Waals surface area contributed by atoms with E-state index < -0.39 is 27.3 Å². The first kappa shape index (κ1) is 25.7. The van der Waals surface area contributed by atoms with Crippen molar-refractivity contribution in [2.45, 2.75) is 58.5 Å². The van der Waals surface area contributed by atoms with Crippen LogP contribution in [0.3, 0.4) is 0 Å². The molecule has 2 rings (SSSR count). The number of rotatable bonds is 10. The number of sulfonamides is 1. The SMILES string of the molecule is COc1cc(-c2cc(F)cc(C(C)C)c2CC(=O)NS(=O)(=O)CCCC(C)(C)O)ccn1. The highest BCUT2D eigenvalue weighted by Crippen LogP contribution is 2.33. The zero-order valence-electron chi connectivity index (χ0n) is 19.1. The number of nitrogens with one attached hydrogen (secondary N) is 1. The van der Waals surface area contributed by atoms with Crippen molar-refractivity contribution in [3.63, 3.8) is 0 Å². The van der Waals surface area contributed by atoms with E-state index in [1.165, 1.54) is 25.4 Å². The summed E-state index contributed by atoms with van der Waals surface area (Å²) in [5.74, 6) is -1.20. The molecule has 7 nitrogen and oxygen atoms in total. The molecule has 1 heterocycles. The molecular weight excluding hydrogens is 435 g/mol. The number of nitrogens with zero attached hydrogens (tertiary/aromatic N) is 1. The Morgan fingerprint density at radius 2 is 1.97 bits per heavy atom. The van der Waals surface area contributed by atoms with Gasteiger partial charge in [-0.25, -0.2) is 17.8 Å². The van der Waals surface area contributed by atoms with Gasteiger partial charge < -0.3 is 9.84 Å². The molecule has 2 N–H and O–H groups in total. The largest absolute Gasteiger partial charge is 0.481 e. The van der Waals surface area contributed by atoms with E-state index in [1.807, 2.05) is 13.8 Å². The van der Waals surface area contributed by atoms with E-state index in [9.17, 15) is 22.7 Å². The van der Waals surface area contributed by atoms with Crippen LogP contribution in [-0.4, -0.2) is 42.9 Å². The smallest absolute Gasteiger partial charge is 0.237 e. The standard InChI is InChI=1S/C23H31FN2O5S/c1-15(2)18-12-17(24)13-19(16-7-9-25-22(11-16)31-5)20(18)14-21(27)26-32(29,30)10-6-8-23(3,4)28/h7,9,11-13,15,28H,6,8,10,14H2,1-5H3,(H,26,27). The highest BCUT2D eigenvalue weighted by atomic mass is 32.2. The monoisotopic (exact) mass is 466 g/mol. The van der Waals surface area contributed by atoms with Gasteiger partial charge in [0.05, 0.1) is 24.9 Å². The number of benzene rings is 1. The van der Waals surface area contributed by atoms with Gasteiger partial charge in [0.1, 0.15) is 5.82 Å². The second kappa shape index (κ2) is 10.4. The number of carbonyl (C=O) groups excluding carboxylic acids is 1. The van der Waals surface area contributed by atoms with Gasteiger partial charge in [-0.3, -0.25) is 9.52 Å². The van der Waals surface area contributed by atoms with E-state index in [0.717, 1.165) is 0 Å². The third-order valence-corrected chi connectivity index (χ3v) is 6.30. The maximum atomic E-state index is 14.4. The van der Waals surface area contributed by atoms with Gasteiger partial charge in [-0.2, -0.15) is 0 Å². The van der Waals surface area contributed by atoms with Crippen LogP contribution in [0, 0.1) is 5.82 Å². The Kier molecular flexibility index (Phi) is 8.36. The second-order valence-electron chi connectivity index (χ2n) is 8.70. The van der Waals surface area contributed by atoms with Crippen LogP contribution in [0.25, 0.3) is 11.1 Å². The maximum absolute atomic E-state index is 14.4. The molecule has 32 heavy (non-hydrogen) atoms. The Hall–Kier alpha value is -2.52. The lowest BCUT2D eigenvalue weighted by molar-refractivity contribution is -0.118. The number of aliphatic hydroxyl groups is 1. The van der Waals surface area contributed by atoms with Gasteiger partial charge in [0.25, 0.3) is 0 Å². The van der Waals surface area contributed by atoms with Crippen molar-refractivity contribution in [2.24, 2.45) is 0 Å². The normalized spacial score (nSPS) is 12.1. The summed E-state index contributed by atoms with van der Waals surface area (Å²) in [5, 5.41) is 9.75. The molecule has 0 aliphatic rings. The van der Waals surface area contributed by atoms with E-state index >= 15 is 0 Å². The Bertz CT molecular complexity index is 1060. The summed E-state index contributed by atoms with van der Waals surface area (Å²) < 4.78 is 46.3. The van der Waals surface area contributed by atoms with Crippen LogP contribution in [0.4, 0.5) is 4.39 Å². The summed E-state index contributed by atoms with van der Waals surface area (Å²) in [4.78, 5) is 16.7. The number of hydrogen-bond acceptors (Lipinski definition) is 6. The number of hydrogen-bond donors (Lipinski definition) is 2.